The fourth-order valence-corrected chi connectivity index (χ4v) is 2.02. The Kier molecular flexibility index (Phi) is 5.50. The molecule has 1 unspecified atom stereocenters. The van der Waals surface area contributed by atoms with Crippen LogP contribution in [0.5, 0.6) is 0 Å². The van der Waals surface area contributed by atoms with E-state index in [1.807, 2.05) is 0 Å². The molecule has 0 aliphatic rings. The number of esters is 1. The summed E-state index contributed by atoms with van der Waals surface area (Å²) in [6.07, 6.45) is 0. The van der Waals surface area contributed by atoms with Gasteiger partial charge in [-0.3, -0.25) is 4.79 Å². The Bertz CT molecular complexity index is 456. The number of carbonyl (C=O) groups excluding carboxylic acids is 2. The van der Waals surface area contributed by atoms with Crippen molar-refractivity contribution < 1.29 is 19.4 Å². The minimum atomic E-state index is -0.580. The molecule has 98 valence electrons. The quantitative estimate of drug-likeness (QED) is 0.669. The average molecular weight is 315 g/mol. The van der Waals surface area contributed by atoms with Crippen LogP contribution in [0, 0.1) is 0 Å². The third-order valence-corrected chi connectivity index (χ3v) is 3.60. The van der Waals surface area contributed by atoms with E-state index in [-0.39, 0.29) is 24.6 Å². The molecule has 0 fully saturated rings. The van der Waals surface area contributed by atoms with Crippen LogP contribution >= 0.6 is 15.9 Å². The first kappa shape index (κ1) is 14.9. The number of aliphatic hydroxyl groups is 1. The van der Waals surface area contributed by atoms with Gasteiger partial charge in [-0.2, -0.15) is 0 Å². The van der Waals surface area contributed by atoms with Gasteiger partial charge in [0, 0.05) is 0 Å². The van der Waals surface area contributed by atoms with Gasteiger partial charge in [-0.15, -0.1) is 0 Å². The molecule has 1 aromatic rings. The lowest BCUT2D eigenvalue weighted by Crippen LogP contribution is -2.14. The minimum Gasteiger partial charge on any atom is -0.462 e. The molecule has 1 N–H and O–H groups in total. The molecule has 0 saturated heterocycles. The van der Waals surface area contributed by atoms with Gasteiger partial charge in [-0.05, 0) is 25.0 Å². The van der Waals surface area contributed by atoms with Crippen LogP contribution < -0.4 is 0 Å². The molecule has 1 rings (SSSR count). The van der Waals surface area contributed by atoms with Gasteiger partial charge in [0.2, 0.25) is 0 Å². The highest BCUT2D eigenvalue weighted by atomic mass is 79.9. The van der Waals surface area contributed by atoms with Gasteiger partial charge in [0.05, 0.1) is 23.6 Å². The number of halogens is 1. The van der Waals surface area contributed by atoms with E-state index in [2.05, 4.69) is 15.9 Å². The number of carbonyl (C=O) groups is 2. The number of hydrogen-bond acceptors (Lipinski definition) is 4. The van der Waals surface area contributed by atoms with Crippen molar-refractivity contribution in [3.05, 3.63) is 34.9 Å². The van der Waals surface area contributed by atoms with Crippen LogP contribution in [-0.4, -0.2) is 23.5 Å². The van der Waals surface area contributed by atoms with E-state index in [0.29, 0.717) is 11.1 Å². The third kappa shape index (κ3) is 3.17. The van der Waals surface area contributed by atoms with Crippen molar-refractivity contribution in [2.45, 2.75) is 25.3 Å². The molecule has 5 heteroatoms. The van der Waals surface area contributed by atoms with E-state index >= 15 is 0 Å². The molecule has 0 aliphatic heterocycles. The summed E-state index contributed by atoms with van der Waals surface area (Å²) < 4.78 is 4.96. The standard InChI is InChI=1S/C13H15BrO4/c1-3-18-13(17)11-9(7-15)5-4-6-10(11)12(14)8(2)16/h4-6,12,15H,3,7H2,1-2H3. The zero-order valence-corrected chi connectivity index (χ0v) is 11.9. The van der Waals surface area contributed by atoms with Crippen LogP contribution in [0.1, 0.15) is 40.2 Å². The number of benzene rings is 1. The van der Waals surface area contributed by atoms with E-state index in [4.69, 9.17) is 4.74 Å². The summed E-state index contributed by atoms with van der Waals surface area (Å²) in [7, 11) is 0. The van der Waals surface area contributed by atoms with Crippen LogP contribution in [0.4, 0.5) is 0 Å². The van der Waals surface area contributed by atoms with E-state index in [1.54, 1.807) is 25.1 Å². The number of Topliss-reactive ketones (excluding diaryl/α,β-unsaturated/α-hetero) is 1. The highest BCUT2D eigenvalue weighted by molar-refractivity contribution is 9.09. The molecule has 0 spiro atoms. The molecule has 1 atom stereocenters. The van der Waals surface area contributed by atoms with E-state index in [1.165, 1.54) is 6.92 Å². The smallest absolute Gasteiger partial charge is 0.338 e. The number of ether oxygens (including phenoxy) is 1. The van der Waals surface area contributed by atoms with E-state index in [0.717, 1.165) is 0 Å². The Morgan fingerprint density at radius 2 is 2.11 bits per heavy atom. The second kappa shape index (κ2) is 6.66. The van der Waals surface area contributed by atoms with Gasteiger partial charge in [0.1, 0.15) is 5.78 Å². The molecular formula is C13H15BrO4. The van der Waals surface area contributed by atoms with Crippen LogP contribution in [-0.2, 0) is 16.1 Å². The van der Waals surface area contributed by atoms with Gasteiger partial charge >= 0.3 is 5.97 Å². The van der Waals surface area contributed by atoms with Gasteiger partial charge in [0.15, 0.2) is 0 Å². The Morgan fingerprint density at radius 1 is 1.44 bits per heavy atom. The number of alkyl halides is 1. The Labute approximate surface area is 114 Å². The second-order valence-electron chi connectivity index (χ2n) is 3.73. The molecule has 0 bridgehead atoms. The van der Waals surface area contributed by atoms with Crippen molar-refractivity contribution in [3.8, 4) is 0 Å². The summed E-state index contributed by atoms with van der Waals surface area (Å²) in [5.41, 5.74) is 1.24. The number of aliphatic hydroxyl groups excluding tert-OH is 1. The van der Waals surface area contributed by atoms with Gasteiger partial charge < -0.3 is 9.84 Å². The van der Waals surface area contributed by atoms with Crippen molar-refractivity contribution >= 4 is 27.7 Å². The summed E-state index contributed by atoms with van der Waals surface area (Å²) in [5, 5.41) is 9.27. The highest BCUT2D eigenvalue weighted by Gasteiger charge is 2.23. The Hall–Kier alpha value is -1.20. The first-order chi connectivity index (χ1) is 8.52. The largest absolute Gasteiger partial charge is 0.462 e. The van der Waals surface area contributed by atoms with Crippen LogP contribution in [0.15, 0.2) is 18.2 Å². The number of hydrogen-bond donors (Lipinski definition) is 1. The lowest BCUT2D eigenvalue weighted by atomic mass is 9.97. The van der Waals surface area contributed by atoms with Crippen molar-refractivity contribution in [1.29, 1.82) is 0 Å². The average Bonchev–Trinajstić information content (AvgIpc) is 2.36. The van der Waals surface area contributed by atoms with E-state index in [9.17, 15) is 14.7 Å². The summed E-state index contributed by atoms with van der Waals surface area (Å²) in [6, 6.07) is 5.00. The molecule has 0 radical (unpaired) electrons. The predicted molar refractivity (Wildman–Crippen MR) is 70.7 cm³/mol. The van der Waals surface area contributed by atoms with Gasteiger partial charge in [-0.25, -0.2) is 4.79 Å². The van der Waals surface area contributed by atoms with Crippen LogP contribution in [0.2, 0.25) is 0 Å². The highest BCUT2D eigenvalue weighted by Crippen LogP contribution is 2.29. The molecular weight excluding hydrogens is 300 g/mol. The maximum Gasteiger partial charge on any atom is 0.338 e. The summed E-state index contributed by atoms with van der Waals surface area (Å²) in [5.74, 6) is -0.640. The van der Waals surface area contributed by atoms with Gasteiger partial charge in [0.25, 0.3) is 0 Å². The molecule has 0 aliphatic carbocycles. The Balaban J connectivity index is 3.33. The van der Waals surface area contributed by atoms with E-state index < -0.39 is 10.8 Å². The monoisotopic (exact) mass is 314 g/mol. The summed E-state index contributed by atoms with van der Waals surface area (Å²) in [4.78, 5) is 22.7. The maximum atomic E-state index is 11.9. The molecule has 0 heterocycles. The van der Waals surface area contributed by atoms with Crippen LogP contribution in [0.25, 0.3) is 0 Å². The van der Waals surface area contributed by atoms with Crippen LogP contribution in [0.3, 0.4) is 0 Å². The third-order valence-electron chi connectivity index (χ3n) is 2.46. The SMILES string of the molecule is CCOC(=O)c1c(CO)cccc1C(Br)C(C)=O. The second-order valence-corrected chi connectivity index (χ2v) is 4.65. The summed E-state index contributed by atoms with van der Waals surface area (Å²) in [6.45, 7) is 3.10. The number of rotatable bonds is 5. The van der Waals surface area contributed by atoms with Crippen molar-refractivity contribution in [2.75, 3.05) is 6.61 Å². The first-order valence-electron chi connectivity index (χ1n) is 5.57. The Morgan fingerprint density at radius 3 is 2.61 bits per heavy atom. The fraction of sp³-hybridized carbons (Fsp3) is 0.385. The summed E-state index contributed by atoms with van der Waals surface area (Å²) >= 11 is 3.24. The fourth-order valence-electron chi connectivity index (χ4n) is 1.63. The molecule has 4 nitrogen and oxygen atoms in total. The zero-order valence-electron chi connectivity index (χ0n) is 10.3. The topological polar surface area (TPSA) is 63.6 Å². The normalized spacial score (nSPS) is 12.0. The lowest BCUT2D eigenvalue weighted by Gasteiger charge is -2.15. The predicted octanol–water partition coefficient (Wildman–Crippen LogP) is 2.38. The first-order valence-corrected chi connectivity index (χ1v) is 6.48. The molecule has 0 saturated carbocycles. The van der Waals surface area contributed by atoms with Crippen molar-refractivity contribution in [2.24, 2.45) is 0 Å². The number of ketones is 1. The maximum absolute atomic E-state index is 11.9. The lowest BCUT2D eigenvalue weighted by molar-refractivity contribution is -0.116. The molecule has 1 aromatic carbocycles. The van der Waals surface area contributed by atoms with Gasteiger partial charge in [-0.1, -0.05) is 34.1 Å². The molecule has 0 aromatic heterocycles. The zero-order chi connectivity index (χ0) is 13.7. The molecule has 0 amide bonds. The van der Waals surface area contributed by atoms with Crippen molar-refractivity contribution in [3.63, 3.8) is 0 Å². The molecule has 18 heavy (non-hydrogen) atoms. The van der Waals surface area contributed by atoms with Crippen molar-refractivity contribution in [1.82, 2.24) is 0 Å². The minimum absolute atomic E-state index is 0.115.